The summed E-state index contributed by atoms with van der Waals surface area (Å²) in [7, 11) is -2.09. The Kier molecular flexibility index (Phi) is 4.53. The van der Waals surface area contributed by atoms with E-state index in [0.29, 0.717) is 13.2 Å². The zero-order chi connectivity index (χ0) is 18.9. The second-order valence-electron chi connectivity index (χ2n) is 9.85. The molecule has 0 bridgehead atoms. The van der Waals surface area contributed by atoms with Gasteiger partial charge in [0.1, 0.15) is 24.9 Å². The van der Waals surface area contributed by atoms with Crippen molar-refractivity contribution in [2.45, 2.75) is 102 Å². The minimum absolute atomic E-state index is 0.0606. The number of hydrogen-bond acceptors (Lipinski definition) is 6. The summed E-state index contributed by atoms with van der Waals surface area (Å²) in [5.41, 5.74) is 0. The van der Waals surface area contributed by atoms with Crippen LogP contribution in [0, 0.1) is 0 Å². The van der Waals surface area contributed by atoms with Crippen LogP contribution in [0.15, 0.2) is 0 Å². The summed E-state index contributed by atoms with van der Waals surface area (Å²) in [6.07, 6.45) is -0.797. The van der Waals surface area contributed by atoms with Gasteiger partial charge in [-0.2, -0.15) is 0 Å². The lowest BCUT2D eigenvalue weighted by Gasteiger charge is -2.49. The van der Waals surface area contributed by atoms with E-state index in [1.54, 1.807) is 0 Å². The van der Waals surface area contributed by atoms with Gasteiger partial charge in [-0.1, -0.05) is 20.8 Å². The Morgan fingerprint density at radius 2 is 1.60 bits per heavy atom. The van der Waals surface area contributed by atoms with Gasteiger partial charge >= 0.3 is 0 Å². The maximum absolute atomic E-state index is 6.79. The number of hydrogen-bond donors (Lipinski definition) is 0. The minimum Gasteiger partial charge on any atom is -0.406 e. The first kappa shape index (κ1) is 19.7. The molecule has 7 heteroatoms. The highest BCUT2D eigenvalue weighted by atomic mass is 28.4. The van der Waals surface area contributed by atoms with E-state index in [-0.39, 0.29) is 17.2 Å². The molecule has 3 aliphatic rings. The van der Waals surface area contributed by atoms with Crippen LogP contribution in [0.1, 0.15) is 48.5 Å². The molecule has 3 rings (SSSR count). The maximum atomic E-state index is 6.79. The third kappa shape index (κ3) is 3.57. The van der Waals surface area contributed by atoms with E-state index in [0.717, 1.165) is 0 Å². The fraction of sp³-hybridized carbons (Fsp3) is 1.00. The van der Waals surface area contributed by atoms with Crippen LogP contribution in [-0.2, 0) is 28.1 Å². The molecule has 0 radical (unpaired) electrons. The molecule has 25 heavy (non-hydrogen) atoms. The van der Waals surface area contributed by atoms with Crippen molar-refractivity contribution in [3.05, 3.63) is 0 Å². The van der Waals surface area contributed by atoms with Crippen molar-refractivity contribution >= 4 is 8.32 Å². The predicted octanol–water partition coefficient (Wildman–Crippen LogP) is 3.41. The lowest BCUT2D eigenvalue weighted by atomic mass is 9.97. The molecule has 0 saturated carbocycles. The zero-order valence-corrected chi connectivity index (χ0v) is 18.1. The smallest absolute Gasteiger partial charge is 0.223 e. The summed E-state index contributed by atoms with van der Waals surface area (Å²) in [5, 5.41) is 0.0606. The summed E-state index contributed by atoms with van der Waals surface area (Å²) in [5.74, 6) is -2.32. The van der Waals surface area contributed by atoms with Gasteiger partial charge in [0.25, 0.3) is 0 Å². The Hall–Kier alpha value is -0.0231. The van der Waals surface area contributed by atoms with Gasteiger partial charge in [-0.25, -0.2) is 0 Å². The van der Waals surface area contributed by atoms with Gasteiger partial charge in [-0.05, 0) is 45.8 Å². The molecule has 0 N–H and O–H groups in total. The first-order valence-corrected chi connectivity index (χ1v) is 12.1. The van der Waals surface area contributed by atoms with Crippen LogP contribution in [0.4, 0.5) is 0 Å². The highest BCUT2D eigenvalue weighted by molar-refractivity contribution is 6.74. The Morgan fingerprint density at radius 1 is 0.960 bits per heavy atom. The van der Waals surface area contributed by atoms with Gasteiger partial charge in [0, 0.05) is 0 Å². The molecular weight excluding hydrogens is 340 g/mol. The molecule has 0 amide bonds. The summed E-state index contributed by atoms with van der Waals surface area (Å²) in [6, 6.07) is 0. The molecular formula is C18H34O6Si. The minimum atomic E-state index is -2.09. The topological polar surface area (TPSA) is 55.4 Å². The molecule has 0 aliphatic carbocycles. The van der Waals surface area contributed by atoms with Gasteiger partial charge < -0.3 is 28.1 Å². The highest BCUT2D eigenvalue weighted by Gasteiger charge is 2.64. The normalized spacial score (nSPS) is 40.4. The Bertz CT molecular complexity index is 524. The van der Waals surface area contributed by atoms with Crippen molar-refractivity contribution in [2.24, 2.45) is 0 Å². The van der Waals surface area contributed by atoms with Crippen molar-refractivity contribution in [1.82, 2.24) is 0 Å². The Labute approximate surface area is 152 Å². The van der Waals surface area contributed by atoms with Gasteiger partial charge in [-0.15, -0.1) is 0 Å². The predicted molar refractivity (Wildman–Crippen MR) is 95.7 cm³/mol. The Morgan fingerprint density at radius 3 is 2.12 bits per heavy atom. The fourth-order valence-electron chi connectivity index (χ4n) is 3.42. The van der Waals surface area contributed by atoms with E-state index in [4.69, 9.17) is 28.1 Å². The van der Waals surface area contributed by atoms with E-state index in [9.17, 15) is 0 Å². The quantitative estimate of drug-likeness (QED) is 0.691. The third-order valence-corrected chi connectivity index (χ3v) is 10.2. The van der Waals surface area contributed by atoms with Crippen molar-refractivity contribution in [3.63, 3.8) is 0 Å². The molecule has 3 aliphatic heterocycles. The zero-order valence-electron chi connectivity index (χ0n) is 17.1. The number of rotatable bonds is 2. The average molecular weight is 375 g/mol. The van der Waals surface area contributed by atoms with Crippen molar-refractivity contribution in [3.8, 4) is 0 Å². The molecule has 4 atom stereocenters. The molecule has 146 valence electrons. The van der Waals surface area contributed by atoms with Crippen molar-refractivity contribution in [1.29, 1.82) is 0 Å². The Balaban J connectivity index is 1.94. The van der Waals surface area contributed by atoms with E-state index >= 15 is 0 Å². The number of ether oxygens (including phenoxy) is 5. The van der Waals surface area contributed by atoms with Gasteiger partial charge in [-0.3, -0.25) is 0 Å². The molecule has 0 aromatic carbocycles. The van der Waals surface area contributed by atoms with Crippen LogP contribution in [0.5, 0.6) is 0 Å². The summed E-state index contributed by atoms with van der Waals surface area (Å²) >= 11 is 0. The van der Waals surface area contributed by atoms with Crippen LogP contribution in [0.2, 0.25) is 18.1 Å². The first-order valence-electron chi connectivity index (χ1n) is 9.18. The van der Waals surface area contributed by atoms with Gasteiger partial charge in [0.2, 0.25) is 5.79 Å². The molecule has 1 spiro atoms. The summed E-state index contributed by atoms with van der Waals surface area (Å²) in [4.78, 5) is 0. The third-order valence-electron chi connectivity index (χ3n) is 5.71. The maximum Gasteiger partial charge on any atom is 0.223 e. The van der Waals surface area contributed by atoms with Crippen molar-refractivity contribution in [2.75, 3.05) is 13.2 Å². The lowest BCUT2D eigenvalue weighted by molar-refractivity contribution is -0.322. The van der Waals surface area contributed by atoms with Crippen LogP contribution < -0.4 is 0 Å². The summed E-state index contributed by atoms with van der Waals surface area (Å²) < 4.78 is 37.3. The van der Waals surface area contributed by atoms with E-state index in [1.165, 1.54) is 0 Å². The van der Waals surface area contributed by atoms with Gasteiger partial charge in [0.15, 0.2) is 19.9 Å². The average Bonchev–Trinajstić information content (AvgIpc) is 2.89. The SMILES string of the molecule is CC1(C)O[C@H]2[C@H](CO[C@@]3(COC(C)(C)O3)[C@@H]2O[Si](C)(C)C(C)(C)C)O1. The van der Waals surface area contributed by atoms with Crippen LogP contribution in [0.25, 0.3) is 0 Å². The lowest BCUT2D eigenvalue weighted by Crippen LogP contribution is -2.65. The monoisotopic (exact) mass is 374 g/mol. The van der Waals surface area contributed by atoms with E-state index < -0.39 is 31.8 Å². The van der Waals surface area contributed by atoms with Crippen molar-refractivity contribution < 1.29 is 28.1 Å². The van der Waals surface area contributed by atoms with E-state index in [2.05, 4.69) is 33.9 Å². The van der Waals surface area contributed by atoms with Gasteiger partial charge in [0.05, 0.1) is 6.61 Å². The van der Waals surface area contributed by atoms with E-state index in [1.807, 2.05) is 27.7 Å². The first-order chi connectivity index (χ1) is 11.2. The van der Waals surface area contributed by atoms with Crippen LogP contribution in [-0.4, -0.2) is 57.2 Å². The second kappa shape index (κ2) is 5.74. The van der Waals surface area contributed by atoms with Crippen LogP contribution >= 0.6 is 0 Å². The molecule has 3 fully saturated rings. The standard InChI is InChI=1S/C18H34O6Si/c1-15(2,3)25(8,9)23-14-13-12(21-17(6,7)22-13)10-19-18(14)11-20-16(4,5)24-18/h12-14H,10-11H2,1-9H3/t12-,13-,14+,18+/m0/s1. The molecule has 3 heterocycles. The molecule has 0 unspecified atom stereocenters. The molecule has 3 saturated heterocycles. The molecule has 6 nitrogen and oxygen atoms in total. The fourth-order valence-corrected chi connectivity index (χ4v) is 4.72. The molecule has 0 aromatic heterocycles. The second-order valence-corrected chi connectivity index (χ2v) is 14.6. The number of fused-ring (bicyclic) bond motifs is 1. The molecule has 0 aromatic rings. The largest absolute Gasteiger partial charge is 0.406 e. The summed E-state index contributed by atoms with van der Waals surface area (Å²) in [6.45, 7) is 19.5. The highest BCUT2D eigenvalue weighted by Crippen LogP contribution is 2.48. The van der Waals surface area contributed by atoms with Crippen LogP contribution in [0.3, 0.4) is 0 Å².